The van der Waals surface area contributed by atoms with Crippen LogP contribution in [0, 0.1) is 10.1 Å². The van der Waals surface area contributed by atoms with Crippen molar-refractivity contribution in [2.75, 3.05) is 5.73 Å². The van der Waals surface area contributed by atoms with E-state index in [1.165, 1.54) is 24.5 Å². The Balaban J connectivity index is 2.06. The molecule has 0 bridgehead atoms. The molecule has 3 rings (SSSR count). The van der Waals surface area contributed by atoms with Crippen LogP contribution in [0.4, 0.5) is 11.9 Å². The molecule has 9 heteroatoms. The second-order valence-corrected chi connectivity index (χ2v) is 3.91. The van der Waals surface area contributed by atoms with Crippen molar-refractivity contribution < 1.29 is 18.2 Å². The SMILES string of the molecule is Nc1nnc(/C(=C\c2ccc([N+](=O)[O-])o2)c2ccco2)o1. The molecule has 0 aliphatic carbocycles. The molecule has 0 spiro atoms. The summed E-state index contributed by atoms with van der Waals surface area (Å²) in [6.07, 6.45) is 2.95. The van der Waals surface area contributed by atoms with Gasteiger partial charge in [-0.1, -0.05) is 5.10 Å². The fraction of sp³-hybridized carbons (Fsp3) is 0. The lowest BCUT2D eigenvalue weighted by Crippen LogP contribution is -1.86. The van der Waals surface area contributed by atoms with Crippen LogP contribution in [-0.4, -0.2) is 15.1 Å². The number of nitrogens with two attached hydrogens (primary N) is 1. The van der Waals surface area contributed by atoms with E-state index in [4.69, 9.17) is 19.0 Å². The first-order valence-electron chi connectivity index (χ1n) is 5.72. The molecule has 0 aliphatic heterocycles. The molecule has 21 heavy (non-hydrogen) atoms. The van der Waals surface area contributed by atoms with E-state index in [2.05, 4.69) is 10.2 Å². The fourth-order valence-electron chi connectivity index (χ4n) is 1.67. The van der Waals surface area contributed by atoms with E-state index in [1.807, 2.05) is 0 Å². The van der Waals surface area contributed by atoms with Crippen molar-refractivity contribution in [2.24, 2.45) is 0 Å². The van der Waals surface area contributed by atoms with Crippen LogP contribution in [-0.2, 0) is 0 Å². The first-order chi connectivity index (χ1) is 10.1. The quantitative estimate of drug-likeness (QED) is 0.570. The van der Waals surface area contributed by atoms with Gasteiger partial charge in [-0.2, -0.15) is 0 Å². The van der Waals surface area contributed by atoms with Crippen molar-refractivity contribution in [2.45, 2.75) is 0 Å². The van der Waals surface area contributed by atoms with Crippen LogP contribution < -0.4 is 5.73 Å². The number of aromatic nitrogens is 2. The zero-order valence-electron chi connectivity index (χ0n) is 10.4. The third-order valence-electron chi connectivity index (χ3n) is 2.54. The number of nitrogen functional groups attached to an aromatic ring is 1. The highest BCUT2D eigenvalue weighted by Gasteiger charge is 2.17. The third-order valence-corrected chi connectivity index (χ3v) is 2.54. The van der Waals surface area contributed by atoms with E-state index in [0.29, 0.717) is 11.3 Å². The zero-order valence-corrected chi connectivity index (χ0v) is 10.4. The molecule has 9 nitrogen and oxygen atoms in total. The minimum Gasteiger partial charge on any atom is -0.464 e. The average Bonchev–Trinajstić information content (AvgIpc) is 3.17. The van der Waals surface area contributed by atoms with E-state index < -0.39 is 4.92 Å². The summed E-state index contributed by atoms with van der Waals surface area (Å²) in [5, 5.41) is 17.9. The Morgan fingerprint density at radius 1 is 1.29 bits per heavy atom. The number of hydrogen-bond acceptors (Lipinski definition) is 8. The summed E-state index contributed by atoms with van der Waals surface area (Å²) >= 11 is 0. The van der Waals surface area contributed by atoms with Gasteiger partial charge in [0.2, 0.25) is 0 Å². The number of hydrogen-bond donors (Lipinski definition) is 1. The number of rotatable bonds is 4. The van der Waals surface area contributed by atoms with Crippen LogP contribution in [0.2, 0.25) is 0 Å². The van der Waals surface area contributed by atoms with Gasteiger partial charge in [0.25, 0.3) is 5.89 Å². The Morgan fingerprint density at radius 3 is 2.71 bits per heavy atom. The first kappa shape index (κ1) is 12.7. The summed E-state index contributed by atoms with van der Waals surface area (Å²) in [5.74, 6) is 0.411. The molecule has 0 amide bonds. The van der Waals surface area contributed by atoms with Crippen LogP contribution in [0.3, 0.4) is 0 Å². The predicted molar refractivity (Wildman–Crippen MR) is 69.8 cm³/mol. The van der Waals surface area contributed by atoms with Crippen LogP contribution >= 0.6 is 0 Å². The minimum atomic E-state index is -0.630. The van der Waals surface area contributed by atoms with Gasteiger partial charge in [0.05, 0.1) is 17.9 Å². The zero-order chi connectivity index (χ0) is 14.8. The number of nitrogens with zero attached hydrogens (tertiary/aromatic N) is 3. The molecule has 0 saturated heterocycles. The van der Waals surface area contributed by atoms with Crippen LogP contribution in [0.1, 0.15) is 17.4 Å². The summed E-state index contributed by atoms with van der Waals surface area (Å²) in [5.41, 5.74) is 5.79. The maximum absolute atomic E-state index is 10.6. The van der Waals surface area contributed by atoms with Crippen molar-refractivity contribution in [3.05, 3.63) is 58.1 Å². The number of furan rings is 2. The Bertz CT molecular complexity index is 799. The summed E-state index contributed by atoms with van der Waals surface area (Å²) in [6, 6.07) is 5.93. The summed E-state index contributed by atoms with van der Waals surface area (Å²) in [7, 11) is 0. The van der Waals surface area contributed by atoms with E-state index in [1.54, 1.807) is 12.1 Å². The van der Waals surface area contributed by atoms with Gasteiger partial charge in [0.1, 0.15) is 16.4 Å². The Morgan fingerprint density at radius 2 is 2.14 bits per heavy atom. The molecular formula is C12H8N4O5. The van der Waals surface area contributed by atoms with Gasteiger partial charge < -0.3 is 19.0 Å². The van der Waals surface area contributed by atoms with Crippen molar-refractivity contribution >= 4 is 23.5 Å². The lowest BCUT2D eigenvalue weighted by molar-refractivity contribution is -0.402. The van der Waals surface area contributed by atoms with E-state index >= 15 is 0 Å². The summed E-state index contributed by atoms with van der Waals surface area (Å²) in [6.45, 7) is 0. The molecule has 3 heterocycles. The number of anilines is 1. The highest BCUT2D eigenvalue weighted by Crippen LogP contribution is 2.27. The minimum absolute atomic E-state index is 0.104. The lowest BCUT2D eigenvalue weighted by atomic mass is 10.1. The molecule has 0 saturated carbocycles. The summed E-state index contributed by atoms with van der Waals surface area (Å²) < 4.78 is 15.5. The molecule has 0 aromatic carbocycles. The van der Waals surface area contributed by atoms with E-state index in [0.717, 1.165) is 0 Å². The summed E-state index contributed by atoms with van der Waals surface area (Å²) in [4.78, 5) is 9.99. The Labute approximate surface area is 116 Å². The van der Waals surface area contributed by atoms with Crippen LogP contribution in [0.15, 0.2) is 43.8 Å². The average molecular weight is 288 g/mol. The molecule has 0 radical (unpaired) electrons. The van der Waals surface area contributed by atoms with Crippen molar-refractivity contribution in [3.8, 4) is 0 Å². The van der Waals surface area contributed by atoms with E-state index in [-0.39, 0.29) is 23.5 Å². The van der Waals surface area contributed by atoms with Crippen LogP contribution in [0.25, 0.3) is 11.6 Å². The molecule has 106 valence electrons. The largest absolute Gasteiger partial charge is 0.464 e. The normalized spacial score (nSPS) is 11.7. The van der Waals surface area contributed by atoms with Gasteiger partial charge in [-0.25, -0.2) is 0 Å². The monoisotopic (exact) mass is 288 g/mol. The molecular weight excluding hydrogens is 280 g/mol. The van der Waals surface area contributed by atoms with Crippen molar-refractivity contribution in [1.82, 2.24) is 10.2 Å². The van der Waals surface area contributed by atoms with Gasteiger partial charge >= 0.3 is 11.9 Å². The van der Waals surface area contributed by atoms with Crippen molar-refractivity contribution in [1.29, 1.82) is 0 Å². The highest BCUT2D eigenvalue weighted by atomic mass is 16.6. The molecule has 3 aromatic rings. The second-order valence-electron chi connectivity index (χ2n) is 3.91. The van der Waals surface area contributed by atoms with Gasteiger partial charge in [-0.05, 0) is 24.3 Å². The molecule has 0 atom stereocenters. The molecule has 0 unspecified atom stereocenters. The van der Waals surface area contributed by atoms with Gasteiger partial charge in [0.15, 0.2) is 0 Å². The molecule has 0 fully saturated rings. The number of nitro groups is 1. The Hall–Kier alpha value is -3.36. The fourth-order valence-corrected chi connectivity index (χ4v) is 1.67. The second kappa shape index (κ2) is 4.96. The van der Waals surface area contributed by atoms with Gasteiger partial charge in [-0.3, -0.25) is 10.1 Å². The van der Waals surface area contributed by atoms with E-state index in [9.17, 15) is 10.1 Å². The topological polar surface area (TPSA) is 134 Å². The highest BCUT2D eigenvalue weighted by molar-refractivity contribution is 5.85. The maximum Gasteiger partial charge on any atom is 0.433 e. The first-order valence-corrected chi connectivity index (χ1v) is 5.72. The Kier molecular flexibility index (Phi) is 2.99. The maximum atomic E-state index is 10.6. The molecule has 2 N–H and O–H groups in total. The third kappa shape index (κ3) is 2.52. The molecule has 3 aromatic heterocycles. The lowest BCUT2D eigenvalue weighted by Gasteiger charge is -1.97. The van der Waals surface area contributed by atoms with Crippen molar-refractivity contribution in [3.63, 3.8) is 0 Å². The van der Waals surface area contributed by atoms with Crippen LogP contribution in [0.5, 0.6) is 0 Å². The smallest absolute Gasteiger partial charge is 0.433 e. The van der Waals surface area contributed by atoms with Gasteiger partial charge in [0, 0.05) is 0 Å². The predicted octanol–water partition coefficient (Wildman–Crippen LogP) is 2.33. The molecule has 0 aliphatic rings. The van der Waals surface area contributed by atoms with Gasteiger partial charge in [-0.15, -0.1) is 5.10 Å². The standard InChI is InChI=1S/C12H8N4O5/c13-12-15-14-11(21-12)8(9-2-1-5-19-9)6-7-3-4-10(20-7)16(17)18/h1-6H,(H2,13,15)/b8-6-.